The molecule has 2 heterocycles. The van der Waals surface area contributed by atoms with Crippen molar-refractivity contribution >= 4 is 17.2 Å². The summed E-state index contributed by atoms with van der Waals surface area (Å²) < 4.78 is 5.41. The maximum atomic E-state index is 12.1. The molecule has 2 rings (SSSR count). The van der Waals surface area contributed by atoms with Gasteiger partial charge in [-0.05, 0) is 24.8 Å². The van der Waals surface area contributed by atoms with Crippen LogP contribution in [0.25, 0.3) is 0 Å². The number of carbonyl (C=O) groups excluding carboxylic acids is 1. The molecule has 20 heavy (non-hydrogen) atoms. The van der Waals surface area contributed by atoms with Crippen LogP contribution in [0.1, 0.15) is 30.2 Å². The average Bonchev–Trinajstić information content (AvgIpc) is 3.05. The number of aliphatic hydroxyl groups excluding tert-OH is 1. The first-order valence-corrected chi connectivity index (χ1v) is 7.65. The van der Waals surface area contributed by atoms with Crippen molar-refractivity contribution in [3.8, 4) is 11.8 Å². The van der Waals surface area contributed by atoms with E-state index in [1.807, 2.05) is 18.4 Å². The highest BCUT2D eigenvalue weighted by Crippen LogP contribution is 2.21. The molecule has 2 unspecified atom stereocenters. The van der Waals surface area contributed by atoms with E-state index in [4.69, 9.17) is 9.84 Å². The average molecular weight is 293 g/mol. The molecule has 1 saturated heterocycles. The van der Waals surface area contributed by atoms with Gasteiger partial charge in [-0.15, -0.1) is 11.3 Å². The molecule has 108 valence electrons. The Morgan fingerprint density at radius 1 is 1.65 bits per heavy atom. The zero-order valence-corrected chi connectivity index (χ0v) is 12.3. The summed E-state index contributed by atoms with van der Waals surface area (Å²) in [7, 11) is 0. The summed E-state index contributed by atoms with van der Waals surface area (Å²) in [5.41, 5.74) is 0.930. The van der Waals surface area contributed by atoms with Gasteiger partial charge in [0.1, 0.15) is 0 Å². The van der Waals surface area contributed by atoms with E-state index < -0.39 is 0 Å². The number of thiophene rings is 1. The number of hydrogen-bond donors (Lipinski definition) is 2. The Hall–Kier alpha value is -1.35. The zero-order chi connectivity index (χ0) is 14.4. The van der Waals surface area contributed by atoms with Crippen molar-refractivity contribution in [1.29, 1.82) is 0 Å². The van der Waals surface area contributed by atoms with E-state index >= 15 is 0 Å². The molecule has 5 heteroatoms. The molecule has 1 fully saturated rings. The van der Waals surface area contributed by atoms with Crippen LogP contribution < -0.4 is 5.32 Å². The van der Waals surface area contributed by atoms with Crippen molar-refractivity contribution in [1.82, 2.24) is 5.32 Å². The minimum absolute atomic E-state index is 0.00199. The molecule has 2 N–H and O–H groups in total. The second kappa shape index (κ2) is 7.44. The Morgan fingerprint density at radius 3 is 3.20 bits per heavy atom. The molecular formula is C15H19NO3S. The van der Waals surface area contributed by atoms with Gasteiger partial charge in [0.2, 0.25) is 5.91 Å². The minimum Gasteiger partial charge on any atom is -0.395 e. The van der Waals surface area contributed by atoms with Gasteiger partial charge in [-0.2, -0.15) is 0 Å². The standard InChI is InChI=1S/C15H19NO3S/c1-11-13(5-8-19-11)15(18)16-10-14-12(6-9-20-14)4-2-3-7-17/h6,9,11,13,17H,3,5,7-8,10H2,1H3,(H,16,18). The first-order chi connectivity index (χ1) is 9.72. The van der Waals surface area contributed by atoms with Gasteiger partial charge in [0.15, 0.2) is 0 Å². The van der Waals surface area contributed by atoms with E-state index in [1.165, 1.54) is 0 Å². The van der Waals surface area contributed by atoms with Crippen molar-refractivity contribution < 1.29 is 14.6 Å². The number of hydrogen-bond acceptors (Lipinski definition) is 4. The summed E-state index contributed by atoms with van der Waals surface area (Å²) in [5.74, 6) is 5.93. The molecule has 0 saturated carbocycles. The molecule has 1 amide bonds. The highest BCUT2D eigenvalue weighted by atomic mass is 32.1. The molecule has 1 aromatic rings. The minimum atomic E-state index is -0.0427. The lowest BCUT2D eigenvalue weighted by Crippen LogP contribution is -2.33. The van der Waals surface area contributed by atoms with Gasteiger partial charge in [0.25, 0.3) is 0 Å². The fraction of sp³-hybridized carbons (Fsp3) is 0.533. The van der Waals surface area contributed by atoms with Crippen LogP contribution in [0, 0.1) is 17.8 Å². The van der Waals surface area contributed by atoms with Gasteiger partial charge in [0.05, 0.1) is 25.2 Å². The van der Waals surface area contributed by atoms with Crippen molar-refractivity contribution in [2.24, 2.45) is 5.92 Å². The number of amides is 1. The molecule has 0 aliphatic carbocycles. The van der Waals surface area contributed by atoms with E-state index in [1.54, 1.807) is 11.3 Å². The van der Waals surface area contributed by atoms with Crippen LogP contribution in [-0.4, -0.2) is 30.3 Å². The summed E-state index contributed by atoms with van der Waals surface area (Å²) in [5, 5.41) is 13.6. The van der Waals surface area contributed by atoms with E-state index in [0.29, 0.717) is 19.6 Å². The number of aliphatic hydroxyl groups is 1. The second-order valence-electron chi connectivity index (χ2n) is 4.72. The predicted molar refractivity (Wildman–Crippen MR) is 78.3 cm³/mol. The van der Waals surface area contributed by atoms with Crippen LogP contribution in [-0.2, 0) is 16.1 Å². The van der Waals surface area contributed by atoms with Crippen molar-refractivity contribution in [3.05, 3.63) is 21.9 Å². The van der Waals surface area contributed by atoms with Crippen molar-refractivity contribution in [3.63, 3.8) is 0 Å². The normalized spacial score (nSPS) is 21.3. The number of carbonyl (C=O) groups is 1. The molecule has 2 atom stereocenters. The SMILES string of the molecule is CC1OCCC1C(=O)NCc1sccc1C#CCCO. The lowest BCUT2D eigenvalue weighted by molar-refractivity contribution is -0.126. The van der Waals surface area contributed by atoms with Gasteiger partial charge in [0, 0.05) is 23.5 Å². The van der Waals surface area contributed by atoms with E-state index in [9.17, 15) is 4.79 Å². The first-order valence-electron chi connectivity index (χ1n) is 6.77. The molecular weight excluding hydrogens is 274 g/mol. The van der Waals surface area contributed by atoms with Crippen LogP contribution in [0.3, 0.4) is 0 Å². The number of nitrogens with one attached hydrogen (secondary N) is 1. The summed E-state index contributed by atoms with van der Waals surface area (Å²) in [6.45, 7) is 3.18. The summed E-state index contributed by atoms with van der Waals surface area (Å²) >= 11 is 1.58. The van der Waals surface area contributed by atoms with Crippen LogP contribution in [0.5, 0.6) is 0 Å². The van der Waals surface area contributed by atoms with Gasteiger partial charge in [-0.1, -0.05) is 11.8 Å². The largest absolute Gasteiger partial charge is 0.395 e. The maximum absolute atomic E-state index is 12.1. The topological polar surface area (TPSA) is 58.6 Å². The van der Waals surface area contributed by atoms with Crippen molar-refractivity contribution in [2.75, 3.05) is 13.2 Å². The lowest BCUT2D eigenvalue weighted by atomic mass is 10.0. The monoisotopic (exact) mass is 293 g/mol. The zero-order valence-electron chi connectivity index (χ0n) is 11.5. The van der Waals surface area contributed by atoms with Gasteiger partial charge < -0.3 is 15.2 Å². The summed E-state index contributed by atoms with van der Waals surface area (Å²) in [6.07, 6.45) is 1.27. The summed E-state index contributed by atoms with van der Waals surface area (Å²) in [4.78, 5) is 13.1. The Kier molecular flexibility index (Phi) is 5.60. The maximum Gasteiger partial charge on any atom is 0.226 e. The Labute approximate surface area is 123 Å². The fourth-order valence-corrected chi connectivity index (χ4v) is 2.95. The van der Waals surface area contributed by atoms with Crippen molar-refractivity contribution in [2.45, 2.75) is 32.4 Å². The lowest BCUT2D eigenvalue weighted by Gasteiger charge is -2.13. The molecule has 0 aromatic carbocycles. The van der Waals surface area contributed by atoms with E-state index in [0.717, 1.165) is 16.9 Å². The molecule has 1 aliphatic heterocycles. The molecule has 0 bridgehead atoms. The smallest absolute Gasteiger partial charge is 0.226 e. The third-order valence-electron chi connectivity index (χ3n) is 3.34. The first kappa shape index (κ1) is 15.0. The van der Waals surface area contributed by atoms with E-state index in [-0.39, 0.29) is 24.5 Å². The summed E-state index contributed by atoms with van der Waals surface area (Å²) in [6, 6.07) is 1.94. The Bertz CT molecular complexity index is 515. The third-order valence-corrected chi connectivity index (χ3v) is 4.26. The van der Waals surface area contributed by atoms with Gasteiger partial charge >= 0.3 is 0 Å². The molecule has 1 aliphatic rings. The van der Waals surface area contributed by atoms with E-state index in [2.05, 4.69) is 17.2 Å². The second-order valence-corrected chi connectivity index (χ2v) is 5.72. The Morgan fingerprint density at radius 2 is 2.50 bits per heavy atom. The van der Waals surface area contributed by atoms with Gasteiger partial charge in [-0.25, -0.2) is 0 Å². The quantitative estimate of drug-likeness (QED) is 0.828. The fourth-order valence-electron chi connectivity index (χ4n) is 2.18. The molecule has 4 nitrogen and oxygen atoms in total. The highest BCUT2D eigenvalue weighted by molar-refractivity contribution is 7.10. The van der Waals surface area contributed by atoms with Crippen LogP contribution in [0.15, 0.2) is 11.4 Å². The number of rotatable bonds is 4. The Balaban J connectivity index is 1.90. The van der Waals surface area contributed by atoms with Crippen LogP contribution in [0.4, 0.5) is 0 Å². The highest BCUT2D eigenvalue weighted by Gasteiger charge is 2.30. The molecule has 0 radical (unpaired) electrons. The third kappa shape index (κ3) is 3.83. The van der Waals surface area contributed by atoms with Gasteiger partial charge in [-0.3, -0.25) is 4.79 Å². The molecule has 0 spiro atoms. The van der Waals surface area contributed by atoms with Crippen LogP contribution >= 0.6 is 11.3 Å². The molecule has 1 aromatic heterocycles. The van der Waals surface area contributed by atoms with Crippen LogP contribution in [0.2, 0.25) is 0 Å². The predicted octanol–water partition coefficient (Wildman–Crippen LogP) is 1.52. The number of ether oxygens (including phenoxy) is 1.